The van der Waals surface area contributed by atoms with Crippen molar-refractivity contribution in [2.75, 3.05) is 6.61 Å². The van der Waals surface area contributed by atoms with Gasteiger partial charge in [0.25, 0.3) is 0 Å². The molecule has 0 saturated heterocycles. The maximum atomic E-state index is 11.2. The van der Waals surface area contributed by atoms with Crippen molar-refractivity contribution in [3.05, 3.63) is 48.0 Å². The van der Waals surface area contributed by atoms with Gasteiger partial charge in [-0.1, -0.05) is 31.2 Å². The minimum Gasteiger partial charge on any atom is -0.494 e. The summed E-state index contributed by atoms with van der Waals surface area (Å²) >= 11 is 0. The van der Waals surface area contributed by atoms with E-state index in [-0.39, 0.29) is 18.1 Å². The molecule has 0 aromatic heterocycles. The van der Waals surface area contributed by atoms with Crippen molar-refractivity contribution < 1.29 is 14.3 Å². The highest BCUT2D eigenvalue weighted by Gasteiger charge is 2.28. The smallest absolute Gasteiger partial charge is 0.217 e. The highest BCUT2D eigenvalue weighted by Crippen LogP contribution is 2.34. The summed E-state index contributed by atoms with van der Waals surface area (Å²) in [5, 5.41) is 2.91. The normalized spacial score (nSPS) is 16.7. The van der Waals surface area contributed by atoms with Crippen LogP contribution in [0.2, 0.25) is 0 Å². The molecule has 0 fully saturated rings. The number of nitrogens with one attached hydrogen (secondary N) is 1. The number of benzene rings is 2. The lowest BCUT2D eigenvalue weighted by molar-refractivity contribution is -0.120. The first kappa shape index (κ1) is 17.3. The van der Waals surface area contributed by atoms with Crippen molar-refractivity contribution in [1.82, 2.24) is 5.32 Å². The Kier molecular flexibility index (Phi) is 5.27. The lowest BCUT2D eigenvalue weighted by Crippen LogP contribution is -2.42. The van der Waals surface area contributed by atoms with Crippen molar-refractivity contribution in [3.63, 3.8) is 0 Å². The fourth-order valence-electron chi connectivity index (χ4n) is 3.09. The van der Waals surface area contributed by atoms with Crippen LogP contribution in [0.1, 0.15) is 32.8 Å². The average molecular weight is 339 g/mol. The van der Waals surface area contributed by atoms with E-state index in [1.807, 2.05) is 19.1 Å². The third kappa shape index (κ3) is 4.13. The zero-order valence-electron chi connectivity index (χ0n) is 15.0. The van der Waals surface area contributed by atoms with Gasteiger partial charge >= 0.3 is 0 Å². The van der Waals surface area contributed by atoms with Gasteiger partial charge in [0.2, 0.25) is 5.91 Å². The van der Waals surface area contributed by atoms with Crippen molar-refractivity contribution in [3.8, 4) is 22.6 Å². The van der Waals surface area contributed by atoms with Crippen molar-refractivity contribution >= 4 is 5.91 Å². The van der Waals surface area contributed by atoms with Gasteiger partial charge in [0.05, 0.1) is 12.6 Å². The fraction of sp³-hybridized carbons (Fsp3) is 0.381. The van der Waals surface area contributed by atoms with E-state index < -0.39 is 0 Å². The molecule has 1 unspecified atom stereocenters. The molecule has 0 spiro atoms. The van der Waals surface area contributed by atoms with Crippen LogP contribution in [-0.2, 0) is 11.2 Å². The molecule has 1 amide bonds. The lowest BCUT2D eigenvalue weighted by Gasteiger charge is -2.19. The quantitative estimate of drug-likeness (QED) is 0.866. The second-order valence-electron chi connectivity index (χ2n) is 6.54. The molecule has 2 aromatic carbocycles. The Balaban J connectivity index is 1.72. The number of carbonyl (C=O) groups excluding carboxylic acids is 1. The first-order valence-corrected chi connectivity index (χ1v) is 8.86. The van der Waals surface area contributed by atoms with E-state index in [0.29, 0.717) is 0 Å². The standard InChI is InChI=1S/C21H25NO3/c1-4-11-24-19-9-7-16(8-10-19)17-5-6-18-13-20(25-21(18)12-17)14(2)22-15(3)23/h5-10,12,14,20H,4,11,13H2,1-3H3,(H,22,23)/t14?,20-/m1/s1. The summed E-state index contributed by atoms with van der Waals surface area (Å²) in [5.74, 6) is 1.77. The molecule has 0 radical (unpaired) electrons. The molecule has 4 heteroatoms. The molecule has 1 aliphatic rings. The molecule has 4 nitrogen and oxygen atoms in total. The molecule has 0 saturated carbocycles. The minimum absolute atomic E-state index is 0.0108. The van der Waals surface area contributed by atoms with Crippen LogP contribution in [0, 0.1) is 0 Å². The summed E-state index contributed by atoms with van der Waals surface area (Å²) in [5.41, 5.74) is 3.44. The molecule has 1 N–H and O–H groups in total. The Hall–Kier alpha value is -2.49. The fourth-order valence-corrected chi connectivity index (χ4v) is 3.09. The second kappa shape index (κ2) is 7.60. The number of hydrogen-bond acceptors (Lipinski definition) is 3. The Bertz CT molecular complexity index is 739. The second-order valence-corrected chi connectivity index (χ2v) is 6.54. The van der Waals surface area contributed by atoms with Crippen molar-refractivity contribution in [2.24, 2.45) is 0 Å². The van der Waals surface area contributed by atoms with Gasteiger partial charge in [-0.3, -0.25) is 4.79 Å². The predicted octanol–water partition coefficient (Wildman–Crippen LogP) is 3.97. The minimum atomic E-state index is -0.0295. The van der Waals surface area contributed by atoms with Gasteiger partial charge in [0.1, 0.15) is 17.6 Å². The Morgan fingerprint density at radius 1 is 1.24 bits per heavy atom. The van der Waals surface area contributed by atoms with Gasteiger partial charge < -0.3 is 14.8 Å². The van der Waals surface area contributed by atoms with Crippen LogP contribution in [-0.4, -0.2) is 24.7 Å². The molecular formula is C21H25NO3. The maximum absolute atomic E-state index is 11.2. The summed E-state index contributed by atoms with van der Waals surface area (Å²) in [6, 6.07) is 14.4. The summed E-state index contributed by atoms with van der Waals surface area (Å²) in [4.78, 5) is 11.2. The molecule has 0 bridgehead atoms. The number of rotatable bonds is 6. The van der Waals surface area contributed by atoms with Crippen molar-refractivity contribution in [1.29, 1.82) is 0 Å². The van der Waals surface area contributed by atoms with Gasteiger partial charge in [-0.05, 0) is 48.2 Å². The van der Waals surface area contributed by atoms with E-state index in [0.717, 1.165) is 42.1 Å². The molecular weight excluding hydrogens is 314 g/mol. The molecule has 1 heterocycles. The third-order valence-electron chi connectivity index (χ3n) is 4.42. The van der Waals surface area contributed by atoms with E-state index in [1.165, 1.54) is 12.5 Å². The van der Waals surface area contributed by atoms with E-state index in [1.54, 1.807) is 0 Å². The van der Waals surface area contributed by atoms with Crippen LogP contribution in [0.3, 0.4) is 0 Å². The highest BCUT2D eigenvalue weighted by atomic mass is 16.5. The lowest BCUT2D eigenvalue weighted by atomic mass is 10.0. The average Bonchev–Trinajstić information content (AvgIpc) is 3.03. The molecule has 2 atom stereocenters. The summed E-state index contributed by atoms with van der Waals surface area (Å²) < 4.78 is 11.7. The molecule has 132 valence electrons. The number of carbonyl (C=O) groups is 1. The first-order valence-electron chi connectivity index (χ1n) is 8.86. The van der Waals surface area contributed by atoms with Crippen LogP contribution in [0.5, 0.6) is 11.5 Å². The Morgan fingerprint density at radius 3 is 2.64 bits per heavy atom. The molecule has 25 heavy (non-hydrogen) atoms. The van der Waals surface area contributed by atoms with E-state index in [4.69, 9.17) is 9.47 Å². The van der Waals surface area contributed by atoms with Crippen molar-refractivity contribution in [2.45, 2.75) is 45.8 Å². The van der Waals surface area contributed by atoms with Gasteiger partial charge in [0.15, 0.2) is 0 Å². The van der Waals surface area contributed by atoms with Gasteiger partial charge in [-0.2, -0.15) is 0 Å². The molecule has 3 rings (SSSR count). The molecule has 1 aliphatic heterocycles. The first-order chi connectivity index (χ1) is 12.1. The molecule has 0 aliphatic carbocycles. The topological polar surface area (TPSA) is 47.6 Å². The van der Waals surface area contributed by atoms with Crippen LogP contribution in [0.25, 0.3) is 11.1 Å². The summed E-state index contributed by atoms with van der Waals surface area (Å²) in [7, 11) is 0. The molecule has 2 aromatic rings. The van der Waals surface area contributed by atoms with Crippen LogP contribution in [0.15, 0.2) is 42.5 Å². The monoisotopic (exact) mass is 339 g/mol. The summed E-state index contributed by atoms with van der Waals surface area (Å²) in [6.45, 7) is 6.34. The number of ether oxygens (including phenoxy) is 2. The van der Waals surface area contributed by atoms with Gasteiger partial charge in [0, 0.05) is 13.3 Å². The van der Waals surface area contributed by atoms with E-state index >= 15 is 0 Å². The van der Waals surface area contributed by atoms with Crippen LogP contribution < -0.4 is 14.8 Å². The Labute approximate surface area is 149 Å². The SMILES string of the molecule is CCCOc1ccc(-c2ccc3c(c2)O[C@@H](C(C)NC(C)=O)C3)cc1. The number of amides is 1. The van der Waals surface area contributed by atoms with E-state index in [2.05, 4.69) is 42.6 Å². The van der Waals surface area contributed by atoms with Crippen LogP contribution >= 0.6 is 0 Å². The highest BCUT2D eigenvalue weighted by molar-refractivity contribution is 5.73. The summed E-state index contributed by atoms with van der Waals surface area (Å²) in [6.07, 6.45) is 1.81. The van der Waals surface area contributed by atoms with Gasteiger partial charge in [-0.25, -0.2) is 0 Å². The predicted molar refractivity (Wildman–Crippen MR) is 99.1 cm³/mol. The number of fused-ring (bicyclic) bond motifs is 1. The Morgan fingerprint density at radius 2 is 1.96 bits per heavy atom. The maximum Gasteiger partial charge on any atom is 0.217 e. The third-order valence-corrected chi connectivity index (χ3v) is 4.42. The number of hydrogen-bond donors (Lipinski definition) is 1. The van der Waals surface area contributed by atoms with E-state index in [9.17, 15) is 4.79 Å². The van der Waals surface area contributed by atoms with Gasteiger partial charge in [-0.15, -0.1) is 0 Å². The zero-order chi connectivity index (χ0) is 17.8. The zero-order valence-corrected chi connectivity index (χ0v) is 15.0. The van der Waals surface area contributed by atoms with Crippen LogP contribution in [0.4, 0.5) is 0 Å². The largest absolute Gasteiger partial charge is 0.494 e.